The lowest BCUT2D eigenvalue weighted by Crippen LogP contribution is -2.09. The van der Waals surface area contributed by atoms with E-state index in [4.69, 9.17) is 0 Å². The standard InChI is InChI=1S/C35H29N/c1-28-20-24-33(25-21-28)36(32-17-9-4-10-18-32)34-26-22-29(23-27-34)12-11-19-35(30-13-5-2-6-14-30)31-15-7-3-8-16-31/h2-27H,1H3. The zero-order chi connectivity index (χ0) is 24.6. The van der Waals surface area contributed by atoms with Crippen LogP contribution in [0.4, 0.5) is 17.1 Å². The summed E-state index contributed by atoms with van der Waals surface area (Å²) in [6, 6.07) is 49.0. The molecule has 1 nitrogen and oxygen atoms in total. The number of para-hydroxylation sites is 1. The molecular formula is C35H29N. The van der Waals surface area contributed by atoms with E-state index in [1.54, 1.807) is 0 Å². The zero-order valence-corrected chi connectivity index (χ0v) is 20.5. The number of anilines is 3. The molecule has 5 aromatic carbocycles. The Labute approximate surface area is 214 Å². The summed E-state index contributed by atoms with van der Waals surface area (Å²) in [5, 5.41) is 0. The Bertz CT molecular complexity index is 1390. The van der Waals surface area contributed by atoms with Crippen molar-refractivity contribution in [2.75, 3.05) is 4.90 Å². The van der Waals surface area contributed by atoms with Gasteiger partial charge in [-0.3, -0.25) is 0 Å². The monoisotopic (exact) mass is 463 g/mol. The molecule has 0 aliphatic rings. The van der Waals surface area contributed by atoms with Crippen molar-refractivity contribution in [3.63, 3.8) is 0 Å². The predicted molar refractivity (Wildman–Crippen MR) is 155 cm³/mol. The molecule has 0 saturated carbocycles. The molecule has 0 bridgehead atoms. The van der Waals surface area contributed by atoms with E-state index in [2.05, 4.69) is 170 Å². The molecule has 0 fully saturated rings. The first kappa shape index (κ1) is 23.1. The van der Waals surface area contributed by atoms with Crippen molar-refractivity contribution >= 4 is 28.7 Å². The topological polar surface area (TPSA) is 3.24 Å². The second kappa shape index (κ2) is 11.2. The molecule has 1 heteroatoms. The van der Waals surface area contributed by atoms with E-state index in [0.29, 0.717) is 0 Å². The molecule has 0 aliphatic carbocycles. The molecule has 0 unspecified atom stereocenters. The Morgan fingerprint density at radius 1 is 0.500 bits per heavy atom. The van der Waals surface area contributed by atoms with Crippen LogP contribution in [0.25, 0.3) is 11.6 Å². The summed E-state index contributed by atoms with van der Waals surface area (Å²) in [6.45, 7) is 2.12. The van der Waals surface area contributed by atoms with Crippen molar-refractivity contribution in [1.29, 1.82) is 0 Å². The molecule has 5 rings (SSSR count). The van der Waals surface area contributed by atoms with Gasteiger partial charge in [-0.2, -0.15) is 0 Å². The smallest absolute Gasteiger partial charge is 0.0462 e. The van der Waals surface area contributed by atoms with Gasteiger partial charge >= 0.3 is 0 Å². The molecular weight excluding hydrogens is 434 g/mol. The fraction of sp³-hybridized carbons (Fsp3) is 0.0286. The number of aryl methyl sites for hydroxylation is 1. The Morgan fingerprint density at radius 2 is 0.944 bits per heavy atom. The summed E-state index contributed by atoms with van der Waals surface area (Å²) in [5.41, 5.74) is 9.46. The Balaban J connectivity index is 1.43. The quantitative estimate of drug-likeness (QED) is 0.217. The molecule has 174 valence electrons. The molecule has 0 spiro atoms. The van der Waals surface area contributed by atoms with Gasteiger partial charge in [-0.15, -0.1) is 0 Å². The average molecular weight is 464 g/mol. The van der Waals surface area contributed by atoms with Gasteiger partial charge in [-0.1, -0.05) is 127 Å². The molecule has 0 radical (unpaired) electrons. The normalized spacial score (nSPS) is 10.8. The van der Waals surface area contributed by atoms with Crippen molar-refractivity contribution in [1.82, 2.24) is 0 Å². The van der Waals surface area contributed by atoms with E-state index in [0.717, 1.165) is 22.6 Å². The first-order valence-electron chi connectivity index (χ1n) is 12.3. The summed E-state index contributed by atoms with van der Waals surface area (Å²) in [7, 11) is 0. The van der Waals surface area contributed by atoms with Crippen LogP contribution in [0.1, 0.15) is 22.3 Å². The van der Waals surface area contributed by atoms with Crippen LogP contribution in [0.3, 0.4) is 0 Å². The van der Waals surface area contributed by atoms with Gasteiger partial charge in [-0.25, -0.2) is 0 Å². The highest BCUT2D eigenvalue weighted by atomic mass is 15.1. The van der Waals surface area contributed by atoms with Crippen LogP contribution in [0, 0.1) is 6.92 Å². The van der Waals surface area contributed by atoms with Crippen molar-refractivity contribution in [2.45, 2.75) is 6.92 Å². The van der Waals surface area contributed by atoms with Gasteiger partial charge in [-0.05, 0) is 65.6 Å². The lowest BCUT2D eigenvalue weighted by Gasteiger charge is -2.25. The van der Waals surface area contributed by atoms with Gasteiger partial charge in [0.2, 0.25) is 0 Å². The number of hydrogen-bond donors (Lipinski definition) is 0. The number of benzene rings is 5. The van der Waals surface area contributed by atoms with Gasteiger partial charge in [0.05, 0.1) is 0 Å². The largest absolute Gasteiger partial charge is 0.311 e. The van der Waals surface area contributed by atoms with E-state index in [1.165, 1.54) is 22.3 Å². The van der Waals surface area contributed by atoms with Gasteiger partial charge in [0.15, 0.2) is 0 Å². The molecule has 0 amide bonds. The first-order chi connectivity index (χ1) is 17.8. The number of allylic oxidation sites excluding steroid dienone is 2. The van der Waals surface area contributed by atoms with Crippen LogP contribution in [-0.2, 0) is 0 Å². The minimum atomic E-state index is 1.13. The lowest BCUT2D eigenvalue weighted by atomic mass is 9.97. The van der Waals surface area contributed by atoms with E-state index >= 15 is 0 Å². The van der Waals surface area contributed by atoms with Crippen LogP contribution >= 0.6 is 0 Å². The second-order valence-corrected chi connectivity index (χ2v) is 8.77. The minimum Gasteiger partial charge on any atom is -0.311 e. The van der Waals surface area contributed by atoms with Crippen LogP contribution in [0.5, 0.6) is 0 Å². The zero-order valence-electron chi connectivity index (χ0n) is 20.5. The van der Waals surface area contributed by atoms with Gasteiger partial charge in [0.25, 0.3) is 0 Å². The minimum absolute atomic E-state index is 1.13. The lowest BCUT2D eigenvalue weighted by molar-refractivity contribution is 1.27. The van der Waals surface area contributed by atoms with E-state index in [1.807, 2.05) is 0 Å². The summed E-state index contributed by atoms with van der Waals surface area (Å²) >= 11 is 0. The van der Waals surface area contributed by atoms with E-state index < -0.39 is 0 Å². The van der Waals surface area contributed by atoms with Crippen LogP contribution in [0.15, 0.2) is 152 Å². The van der Waals surface area contributed by atoms with Gasteiger partial charge < -0.3 is 4.90 Å². The molecule has 0 saturated heterocycles. The van der Waals surface area contributed by atoms with E-state index in [9.17, 15) is 0 Å². The Hall–Kier alpha value is -4.62. The number of nitrogens with zero attached hydrogens (tertiary/aromatic N) is 1. The second-order valence-electron chi connectivity index (χ2n) is 8.77. The molecule has 0 heterocycles. The van der Waals surface area contributed by atoms with Crippen LogP contribution in [-0.4, -0.2) is 0 Å². The van der Waals surface area contributed by atoms with Crippen molar-refractivity contribution in [2.24, 2.45) is 0 Å². The summed E-state index contributed by atoms with van der Waals surface area (Å²) in [4.78, 5) is 2.29. The highest BCUT2D eigenvalue weighted by Gasteiger charge is 2.11. The fourth-order valence-corrected chi connectivity index (χ4v) is 4.30. The Kier molecular flexibility index (Phi) is 7.20. The summed E-state index contributed by atoms with van der Waals surface area (Å²) < 4.78 is 0. The molecule has 5 aromatic rings. The highest BCUT2D eigenvalue weighted by Crippen LogP contribution is 2.34. The maximum atomic E-state index is 2.29. The number of rotatable bonds is 7. The third kappa shape index (κ3) is 5.54. The van der Waals surface area contributed by atoms with Gasteiger partial charge in [0, 0.05) is 17.1 Å². The highest BCUT2D eigenvalue weighted by molar-refractivity contribution is 5.82. The third-order valence-electron chi connectivity index (χ3n) is 6.18. The molecule has 0 atom stereocenters. The summed E-state index contributed by atoms with van der Waals surface area (Å²) in [6.07, 6.45) is 6.49. The first-order valence-corrected chi connectivity index (χ1v) is 12.3. The van der Waals surface area contributed by atoms with E-state index in [-0.39, 0.29) is 0 Å². The van der Waals surface area contributed by atoms with Crippen molar-refractivity contribution in [3.8, 4) is 0 Å². The maximum Gasteiger partial charge on any atom is 0.0462 e. The molecule has 0 aliphatic heterocycles. The average Bonchev–Trinajstić information content (AvgIpc) is 2.95. The van der Waals surface area contributed by atoms with Crippen molar-refractivity contribution in [3.05, 3.63) is 174 Å². The molecule has 36 heavy (non-hydrogen) atoms. The Morgan fingerprint density at radius 3 is 1.47 bits per heavy atom. The van der Waals surface area contributed by atoms with Gasteiger partial charge in [0.1, 0.15) is 0 Å². The molecule has 0 N–H and O–H groups in total. The van der Waals surface area contributed by atoms with Crippen LogP contribution < -0.4 is 4.90 Å². The molecule has 0 aromatic heterocycles. The summed E-state index contributed by atoms with van der Waals surface area (Å²) in [5.74, 6) is 0. The van der Waals surface area contributed by atoms with Crippen molar-refractivity contribution < 1.29 is 0 Å². The fourth-order valence-electron chi connectivity index (χ4n) is 4.30. The third-order valence-corrected chi connectivity index (χ3v) is 6.18. The van der Waals surface area contributed by atoms with Crippen LogP contribution in [0.2, 0.25) is 0 Å². The number of hydrogen-bond acceptors (Lipinski definition) is 1. The predicted octanol–water partition coefficient (Wildman–Crippen LogP) is 9.61. The SMILES string of the molecule is Cc1ccc(N(c2ccccc2)c2ccc(C=CC=C(c3ccccc3)c3ccccc3)cc2)cc1. The maximum absolute atomic E-state index is 2.29.